The first kappa shape index (κ1) is 16.4. The minimum Gasteiger partial charge on any atom is -0.339 e. The average molecular weight is 301 g/mol. The van der Waals surface area contributed by atoms with E-state index >= 15 is 0 Å². The summed E-state index contributed by atoms with van der Waals surface area (Å²) < 4.78 is 5.21. The number of nitrogens with zero attached hydrogens (tertiary/aromatic N) is 2. The monoisotopic (exact) mass is 301 g/mol. The van der Waals surface area contributed by atoms with Crippen LogP contribution in [0.1, 0.15) is 46.5 Å². The second-order valence-corrected chi connectivity index (χ2v) is 5.74. The fraction of sp³-hybridized carbons (Fsp3) is 0.471. The van der Waals surface area contributed by atoms with Gasteiger partial charge in [0.2, 0.25) is 5.89 Å². The molecular weight excluding hydrogens is 278 g/mol. The van der Waals surface area contributed by atoms with E-state index in [0.717, 1.165) is 16.7 Å². The largest absolute Gasteiger partial charge is 0.339 e. The van der Waals surface area contributed by atoms with Crippen molar-refractivity contribution in [3.05, 3.63) is 46.6 Å². The first-order valence-electron chi connectivity index (χ1n) is 7.58. The van der Waals surface area contributed by atoms with Gasteiger partial charge in [-0.15, -0.1) is 0 Å². The zero-order valence-corrected chi connectivity index (χ0v) is 13.6. The van der Waals surface area contributed by atoms with Gasteiger partial charge in [-0.1, -0.05) is 22.9 Å². The van der Waals surface area contributed by atoms with Crippen LogP contribution in [0.4, 0.5) is 0 Å². The Morgan fingerprint density at radius 2 is 2.14 bits per heavy atom. The number of carbonyl (C=O) groups is 1. The maximum Gasteiger partial charge on any atom is 0.227 e. The van der Waals surface area contributed by atoms with Crippen LogP contribution in [0.15, 0.2) is 22.7 Å². The third-order valence-corrected chi connectivity index (χ3v) is 3.75. The van der Waals surface area contributed by atoms with E-state index in [2.05, 4.69) is 22.4 Å². The summed E-state index contributed by atoms with van der Waals surface area (Å²) in [5.74, 6) is 1.32. The molecule has 2 rings (SSSR count). The summed E-state index contributed by atoms with van der Waals surface area (Å²) in [5.41, 5.74) is 2.88. The van der Waals surface area contributed by atoms with Crippen LogP contribution in [0.3, 0.4) is 0 Å². The van der Waals surface area contributed by atoms with Gasteiger partial charge in [0.05, 0.1) is 0 Å². The Hall–Kier alpha value is -2.01. The van der Waals surface area contributed by atoms with Crippen LogP contribution < -0.4 is 5.32 Å². The topological polar surface area (TPSA) is 68.0 Å². The predicted molar refractivity (Wildman–Crippen MR) is 85.1 cm³/mol. The summed E-state index contributed by atoms with van der Waals surface area (Å²) in [7, 11) is 1.90. The first-order chi connectivity index (χ1) is 10.5. The van der Waals surface area contributed by atoms with Crippen molar-refractivity contribution in [1.29, 1.82) is 0 Å². The lowest BCUT2D eigenvalue weighted by Crippen LogP contribution is -2.24. The second kappa shape index (κ2) is 7.31. The molecule has 2 aromatic rings. The van der Waals surface area contributed by atoms with Gasteiger partial charge in [0.15, 0.2) is 11.6 Å². The molecule has 118 valence electrons. The molecule has 0 spiro atoms. The van der Waals surface area contributed by atoms with Crippen molar-refractivity contribution in [2.75, 3.05) is 7.05 Å². The van der Waals surface area contributed by atoms with Gasteiger partial charge < -0.3 is 9.84 Å². The molecule has 22 heavy (non-hydrogen) atoms. The fourth-order valence-electron chi connectivity index (χ4n) is 2.24. The van der Waals surface area contributed by atoms with Gasteiger partial charge in [-0.25, -0.2) is 0 Å². The number of aromatic nitrogens is 2. The van der Waals surface area contributed by atoms with Crippen molar-refractivity contribution < 1.29 is 9.32 Å². The number of hydrogen-bond donors (Lipinski definition) is 1. The summed E-state index contributed by atoms with van der Waals surface area (Å²) in [6, 6.07) is 6.22. The highest BCUT2D eigenvalue weighted by atomic mass is 16.5. The van der Waals surface area contributed by atoms with Gasteiger partial charge in [0.25, 0.3) is 0 Å². The van der Waals surface area contributed by atoms with Gasteiger partial charge in [-0.05, 0) is 39.4 Å². The lowest BCUT2D eigenvalue weighted by molar-refractivity contribution is 0.0979. The molecule has 0 saturated carbocycles. The molecule has 0 aliphatic carbocycles. The van der Waals surface area contributed by atoms with E-state index in [9.17, 15) is 4.79 Å². The Labute approximate surface area is 131 Å². The van der Waals surface area contributed by atoms with Crippen molar-refractivity contribution in [2.24, 2.45) is 0 Å². The molecule has 0 fully saturated rings. The van der Waals surface area contributed by atoms with E-state index in [1.54, 1.807) is 0 Å². The highest BCUT2D eigenvalue weighted by Gasteiger charge is 2.13. The Kier molecular flexibility index (Phi) is 5.44. The van der Waals surface area contributed by atoms with Crippen LogP contribution in [-0.4, -0.2) is 29.0 Å². The van der Waals surface area contributed by atoms with Gasteiger partial charge in [-0.2, -0.15) is 4.98 Å². The molecule has 0 amide bonds. The lowest BCUT2D eigenvalue weighted by atomic mass is 9.99. The SMILES string of the molecule is CNC(C)Cc1noc(CCC(=O)c2cc(C)ccc2C)n1. The van der Waals surface area contributed by atoms with Crippen molar-refractivity contribution in [3.8, 4) is 0 Å². The molecule has 1 heterocycles. The molecule has 5 nitrogen and oxygen atoms in total. The van der Waals surface area contributed by atoms with Crippen molar-refractivity contribution in [1.82, 2.24) is 15.5 Å². The molecule has 1 atom stereocenters. The van der Waals surface area contributed by atoms with Crippen molar-refractivity contribution >= 4 is 5.78 Å². The molecule has 0 bridgehead atoms. The first-order valence-corrected chi connectivity index (χ1v) is 7.58. The summed E-state index contributed by atoms with van der Waals surface area (Å²) in [6.07, 6.45) is 1.57. The number of nitrogens with one attached hydrogen (secondary N) is 1. The minimum atomic E-state index is 0.115. The smallest absolute Gasteiger partial charge is 0.227 e. The summed E-state index contributed by atoms with van der Waals surface area (Å²) >= 11 is 0. The van der Waals surface area contributed by atoms with E-state index < -0.39 is 0 Å². The van der Waals surface area contributed by atoms with E-state index in [1.807, 2.05) is 39.1 Å². The molecule has 0 aliphatic heterocycles. The number of ketones is 1. The number of likely N-dealkylation sites (N-methyl/N-ethyl adjacent to an activating group) is 1. The highest BCUT2D eigenvalue weighted by molar-refractivity contribution is 5.97. The molecule has 1 aromatic heterocycles. The minimum absolute atomic E-state index is 0.115. The summed E-state index contributed by atoms with van der Waals surface area (Å²) in [5, 5.41) is 7.08. The number of hydrogen-bond acceptors (Lipinski definition) is 5. The summed E-state index contributed by atoms with van der Waals surface area (Å²) in [4.78, 5) is 16.7. The molecule has 1 N–H and O–H groups in total. The van der Waals surface area contributed by atoms with Gasteiger partial charge in [0.1, 0.15) is 0 Å². The number of Topliss-reactive ketones (excluding diaryl/α,β-unsaturated/α-hetero) is 1. The standard InChI is InChI=1S/C17H23N3O2/c1-11-5-6-12(2)14(9-11)15(21)7-8-17-19-16(20-22-17)10-13(3)18-4/h5-6,9,13,18H,7-8,10H2,1-4H3. The van der Waals surface area contributed by atoms with Gasteiger partial charge >= 0.3 is 0 Å². The predicted octanol–water partition coefficient (Wildman–Crippen LogP) is 2.65. The van der Waals surface area contributed by atoms with Crippen LogP contribution in [0.5, 0.6) is 0 Å². The van der Waals surface area contributed by atoms with Gasteiger partial charge in [-0.3, -0.25) is 4.79 Å². The Morgan fingerprint density at radius 1 is 1.36 bits per heavy atom. The van der Waals surface area contributed by atoms with Crippen LogP contribution in [-0.2, 0) is 12.8 Å². The van der Waals surface area contributed by atoms with E-state index in [1.165, 1.54) is 0 Å². The molecule has 0 radical (unpaired) electrons. The third kappa shape index (κ3) is 4.24. The molecule has 0 aliphatic rings. The maximum atomic E-state index is 12.3. The van der Waals surface area contributed by atoms with Gasteiger partial charge in [0, 0.05) is 30.9 Å². The molecule has 0 saturated heterocycles. The zero-order chi connectivity index (χ0) is 16.1. The van der Waals surface area contributed by atoms with Crippen LogP contribution in [0.2, 0.25) is 0 Å². The molecule has 5 heteroatoms. The van der Waals surface area contributed by atoms with Crippen LogP contribution in [0.25, 0.3) is 0 Å². The zero-order valence-electron chi connectivity index (χ0n) is 13.6. The number of carbonyl (C=O) groups excluding carboxylic acids is 1. The van der Waals surface area contributed by atoms with Crippen LogP contribution >= 0.6 is 0 Å². The van der Waals surface area contributed by atoms with Crippen LogP contribution in [0, 0.1) is 13.8 Å². The quantitative estimate of drug-likeness (QED) is 0.796. The summed E-state index contributed by atoms with van der Waals surface area (Å²) in [6.45, 7) is 6.00. The third-order valence-electron chi connectivity index (χ3n) is 3.75. The average Bonchev–Trinajstić information content (AvgIpc) is 2.94. The Morgan fingerprint density at radius 3 is 2.86 bits per heavy atom. The second-order valence-electron chi connectivity index (χ2n) is 5.74. The molecular formula is C17H23N3O2. The van der Waals surface area contributed by atoms with Crippen molar-refractivity contribution in [3.63, 3.8) is 0 Å². The van der Waals surface area contributed by atoms with Crippen molar-refractivity contribution in [2.45, 2.75) is 46.1 Å². The Bertz CT molecular complexity index is 649. The highest BCUT2D eigenvalue weighted by Crippen LogP contribution is 2.14. The van der Waals surface area contributed by atoms with E-state index in [0.29, 0.717) is 37.0 Å². The number of aryl methyl sites for hydroxylation is 3. The van der Waals surface area contributed by atoms with E-state index in [-0.39, 0.29) is 5.78 Å². The normalized spacial score (nSPS) is 12.4. The number of benzene rings is 1. The molecule has 1 unspecified atom stereocenters. The maximum absolute atomic E-state index is 12.3. The fourth-order valence-corrected chi connectivity index (χ4v) is 2.24. The lowest BCUT2D eigenvalue weighted by Gasteiger charge is -2.05. The number of rotatable bonds is 7. The molecule has 1 aromatic carbocycles. The van der Waals surface area contributed by atoms with E-state index in [4.69, 9.17) is 4.52 Å². The Balaban J connectivity index is 1.95.